The molecular formula is C18H17N3O3S. The van der Waals surface area contributed by atoms with E-state index < -0.39 is 10.0 Å². The van der Waals surface area contributed by atoms with E-state index in [-0.39, 0.29) is 17.3 Å². The average molecular weight is 355 g/mol. The molecule has 3 rings (SSSR count). The van der Waals surface area contributed by atoms with Gasteiger partial charge in [-0.2, -0.15) is 0 Å². The van der Waals surface area contributed by atoms with Gasteiger partial charge in [-0.15, -0.1) is 0 Å². The van der Waals surface area contributed by atoms with Crippen LogP contribution in [-0.2, 0) is 16.6 Å². The molecule has 0 aliphatic carbocycles. The Labute approximate surface area is 145 Å². The highest BCUT2D eigenvalue weighted by atomic mass is 32.2. The molecule has 1 aromatic heterocycles. The highest BCUT2D eigenvalue weighted by molar-refractivity contribution is 7.89. The number of benzene rings is 2. The predicted octanol–water partition coefficient (Wildman–Crippen LogP) is 2.12. The molecular weight excluding hydrogens is 338 g/mol. The van der Waals surface area contributed by atoms with Gasteiger partial charge in [0.25, 0.3) is 5.91 Å². The van der Waals surface area contributed by atoms with Crippen LogP contribution in [0.5, 0.6) is 0 Å². The van der Waals surface area contributed by atoms with Crippen LogP contribution in [0.4, 0.5) is 0 Å². The van der Waals surface area contributed by atoms with Crippen molar-refractivity contribution in [2.75, 3.05) is 0 Å². The number of para-hydroxylation sites is 1. The van der Waals surface area contributed by atoms with E-state index in [0.717, 1.165) is 22.2 Å². The SMILES string of the molecule is Cc1cc(C(=O)NCc2ccc(S(N)(=O)=O)cc2)c2ccccc2n1. The van der Waals surface area contributed by atoms with E-state index in [1.54, 1.807) is 18.2 Å². The fraction of sp³-hybridized carbons (Fsp3) is 0.111. The van der Waals surface area contributed by atoms with Crippen molar-refractivity contribution in [3.63, 3.8) is 0 Å². The van der Waals surface area contributed by atoms with Crippen LogP contribution < -0.4 is 10.5 Å². The number of fused-ring (bicyclic) bond motifs is 1. The van der Waals surface area contributed by atoms with Gasteiger partial charge in [0, 0.05) is 17.6 Å². The van der Waals surface area contributed by atoms with Crippen molar-refractivity contribution in [1.29, 1.82) is 0 Å². The number of sulfonamides is 1. The first kappa shape index (κ1) is 17.1. The largest absolute Gasteiger partial charge is 0.348 e. The summed E-state index contributed by atoms with van der Waals surface area (Å²) in [5.41, 5.74) is 2.87. The molecule has 0 bridgehead atoms. The van der Waals surface area contributed by atoms with Crippen LogP contribution in [0.2, 0.25) is 0 Å². The first-order valence-corrected chi connectivity index (χ1v) is 9.15. The van der Waals surface area contributed by atoms with Gasteiger partial charge in [-0.25, -0.2) is 13.6 Å². The van der Waals surface area contributed by atoms with Crippen LogP contribution in [-0.4, -0.2) is 19.3 Å². The number of nitrogens with zero attached hydrogens (tertiary/aromatic N) is 1. The van der Waals surface area contributed by atoms with E-state index in [1.807, 2.05) is 31.2 Å². The lowest BCUT2D eigenvalue weighted by atomic mass is 10.1. The highest BCUT2D eigenvalue weighted by Crippen LogP contribution is 2.18. The maximum Gasteiger partial charge on any atom is 0.252 e. The number of nitrogens with one attached hydrogen (secondary N) is 1. The normalized spacial score (nSPS) is 11.4. The standard InChI is InChI=1S/C18H17N3O3S/c1-12-10-16(15-4-2-3-5-17(15)21-12)18(22)20-11-13-6-8-14(9-7-13)25(19,23)24/h2-10H,11H2,1H3,(H,20,22)(H2,19,23,24). The molecule has 0 aliphatic rings. The first-order chi connectivity index (χ1) is 11.8. The van der Waals surface area contributed by atoms with Gasteiger partial charge in [0.05, 0.1) is 16.0 Å². The number of aromatic nitrogens is 1. The Morgan fingerprint density at radius 2 is 1.80 bits per heavy atom. The molecule has 0 atom stereocenters. The maximum atomic E-state index is 12.6. The fourth-order valence-corrected chi connectivity index (χ4v) is 3.09. The first-order valence-electron chi connectivity index (χ1n) is 7.61. The van der Waals surface area contributed by atoms with Crippen molar-refractivity contribution in [2.24, 2.45) is 5.14 Å². The molecule has 1 amide bonds. The van der Waals surface area contributed by atoms with Crippen LogP contribution in [0, 0.1) is 6.92 Å². The summed E-state index contributed by atoms with van der Waals surface area (Å²) in [7, 11) is -3.72. The molecule has 7 heteroatoms. The summed E-state index contributed by atoms with van der Waals surface area (Å²) in [5, 5.41) is 8.70. The summed E-state index contributed by atoms with van der Waals surface area (Å²) in [5.74, 6) is -0.211. The molecule has 0 unspecified atom stereocenters. The summed E-state index contributed by atoms with van der Waals surface area (Å²) in [4.78, 5) is 17.0. The minimum atomic E-state index is -3.72. The van der Waals surface area contributed by atoms with E-state index in [1.165, 1.54) is 12.1 Å². The molecule has 128 valence electrons. The lowest BCUT2D eigenvalue weighted by Crippen LogP contribution is -2.23. The zero-order valence-corrected chi connectivity index (χ0v) is 14.4. The Morgan fingerprint density at radius 3 is 2.48 bits per heavy atom. The van der Waals surface area contributed by atoms with E-state index in [4.69, 9.17) is 5.14 Å². The summed E-state index contributed by atoms with van der Waals surface area (Å²) in [6, 6.07) is 15.3. The Bertz CT molecular complexity index is 1040. The van der Waals surface area contributed by atoms with Gasteiger partial charge >= 0.3 is 0 Å². The lowest BCUT2D eigenvalue weighted by molar-refractivity contribution is 0.0952. The number of carbonyl (C=O) groups excluding carboxylic acids is 1. The molecule has 3 N–H and O–H groups in total. The third-order valence-corrected chi connectivity index (χ3v) is 4.72. The van der Waals surface area contributed by atoms with Crippen LogP contribution in [0.1, 0.15) is 21.6 Å². The average Bonchev–Trinajstić information content (AvgIpc) is 2.58. The number of hydrogen-bond donors (Lipinski definition) is 2. The van der Waals surface area contributed by atoms with E-state index in [9.17, 15) is 13.2 Å². The number of aryl methyl sites for hydroxylation is 1. The van der Waals surface area contributed by atoms with Gasteiger partial charge in [0.1, 0.15) is 0 Å². The van der Waals surface area contributed by atoms with E-state index in [0.29, 0.717) is 5.56 Å². The fourth-order valence-electron chi connectivity index (χ4n) is 2.57. The topological polar surface area (TPSA) is 102 Å². The number of amides is 1. The monoisotopic (exact) mass is 355 g/mol. The summed E-state index contributed by atoms with van der Waals surface area (Å²) >= 11 is 0. The molecule has 0 radical (unpaired) electrons. The molecule has 25 heavy (non-hydrogen) atoms. The summed E-state index contributed by atoms with van der Waals surface area (Å²) < 4.78 is 22.5. The van der Waals surface area contributed by atoms with Gasteiger partial charge in [0.15, 0.2) is 0 Å². The minimum Gasteiger partial charge on any atom is -0.348 e. The van der Waals surface area contributed by atoms with Crippen LogP contribution >= 0.6 is 0 Å². The van der Waals surface area contributed by atoms with E-state index in [2.05, 4.69) is 10.3 Å². The van der Waals surface area contributed by atoms with Crippen molar-refractivity contribution in [3.05, 3.63) is 71.4 Å². The number of primary sulfonamides is 1. The smallest absolute Gasteiger partial charge is 0.252 e. The van der Waals surface area contributed by atoms with Crippen LogP contribution in [0.15, 0.2) is 59.5 Å². The lowest BCUT2D eigenvalue weighted by Gasteiger charge is -2.09. The van der Waals surface area contributed by atoms with Crippen molar-refractivity contribution >= 4 is 26.8 Å². The molecule has 2 aromatic carbocycles. The van der Waals surface area contributed by atoms with Gasteiger partial charge in [-0.1, -0.05) is 30.3 Å². The Balaban J connectivity index is 1.79. The number of hydrogen-bond acceptors (Lipinski definition) is 4. The second-order valence-electron chi connectivity index (χ2n) is 5.70. The number of rotatable bonds is 4. The summed E-state index contributed by atoms with van der Waals surface area (Å²) in [6.07, 6.45) is 0. The molecule has 6 nitrogen and oxygen atoms in total. The predicted molar refractivity (Wildman–Crippen MR) is 95.5 cm³/mol. The van der Waals surface area contributed by atoms with Crippen LogP contribution in [0.25, 0.3) is 10.9 Å². The quantitative estimate of drug-likeness (QED) is 0.748. The number of nitrogens with two attached hydrogens (primary N) is 1. The minimum absolute atomic E-state index is 0.0401. The third kappa shape index (κ3) is 3.84. The zero-order chi connectivity index (χ0) is 18.0. The highest BCUT2D eigenvalue weighted by Gasteiger charge is 2.12. The summed E-state index contributed by atoms with van der Waals surface area (Å²) in [6.45, 7) is 2.12. The van der Waals surface area contributed by atoms with Gasteiger partial charge in [0.2, 0.25) is 10.0 Å². The molecule has 1 heterocycles. The molecule has 0 fully saturated rings. The van der Waals surface area contributed by atoms with Gasteiger partial charge < -0.3 is 5.32 Å². The van der Waals surface area contributed by atoms with Crippen LogP contribution in [0.3, 0.4) is 0 Å². The molecule has 0 spiro atoms. The molecule has 3 aromatic rings. The molecule has 0 aliphatic heterocycles. The number of pyridine rings is 1. The second kappa shape index (κ2) is 6.62. The van der Waals surface area contributed by atoms with Crippen molar-refractivity contribution in [2.45, 2.75) is 18.4 Å². The molecule has 0 saturated carbocycles. The number of carbonyl (C=O) groups is 1. The maximum absolute atomic E-state index is 12.6. The molecule has 0 saturated heterocycles. The second-order valence-corrected chi connectivity index (χ2v) is 7.26. The van der Waals surface area contributed by atoms with Crippen molar-refractivity contribution < 1.29 is 13.2 Å². The zero-order valence-electron chi connectivity index (χ0n) is 13.6. The van der Waals surface area contributed by atoms with Gasteiger partial charge in [-0.05, 0) is 36.8 Å². The third-order valence-electron chi connectivity index (χ3n) is 3.79. The Hall–Kier alpha value is -2.77. The van der Waals surface area contributed by atoms with Crippen molar-refractivity contribution in [1.82, 2.24) is 10.3 Å². The Kier molecular flexibility index (Phi) is 4.52. The van der Waals surface area contributed by atoms with Crippen molar-refractivity contribution in [3.8, 4) is 0 Å². The Morgan fingerprint density at radius 1 is 1.12 bits per heavy atom. The van der Waals surface area contributed by atoms with E-state index >= 15 is 0 Å². The van der Waals surface area contributed by atoms with Gasteiger partial charge in [-0.3, -0.25) is 9.78 Å².